The fourth-order valence-corrected chi connectivity index (χ4v) is 3.89. The first-order valence-corrected chi connectivity index (χ1v) is 8.83. The van der Waals surface area contributed by atoms with Crippen LogP contribution in [0.15, 0.2) is 30.8 Å². The second-order valence-corrected chi connectivity index (χ2v) is 8.17. The quantitative estimate of drug-likeness (QED) is 0.520. The zero-order valence-corrected chi connectivity index (χ0v) is 15.6. The van der Waals surface area contributed by atoms with Gasteiger partial charge in [0.25, 0.3) is 0 Å². The predicted molar refractivity (Wildman–Crippen MR) is 99.6 cm³/mol. The second-order valence-electron chi connectivity index (χ2n) is 8.17. The molecule has 1 rings (SSSR count). The lowest BCUT2D eigenvalue weighted by Gasteiger charge is -2.43. The van der Waals surface area contributed by atoms with E-state index in [-0.39, 0.29) is 0 Å². The van der Waals surface area contributed by atoms with Crippen molar-refractivity contribution < 1.29 is 4.48 Å². The Balaban J connectivity index is 3.05. The number of quaternary nitrogens is 1. The first-order chi connectivity index (χ1) is 10.3. The zero-order chi connectivity index (χ0) is 16.8. The van der Waals surface area contributed by atoms with Crippen LogP contribution in [0.4, 0.5) is 0 Å². The van der Waals surface area contributed by atoms with Crippen molar-refractivity contribution in [2.45, 2.75) is 48.1 Å². The molecule has 0 atom stereocenters. The van der Waals surface area contributed by atoms with Crippen LogP contribution in [-0.2, 0) is 6.54 Å². The van der Waals surface area contributed by atoms with Gasteiger partial charge in [-0.15, -0.1) is 0 Å². The number of nitrogens with zero attached hydrogens (tertiary/aromatic N) is 1. The number of hydrogen-bond acceptors (Lipinski definition) is 0. The zero-order valence-electron chi connectivity index (χ0n) is 15.6. The molecule has 0 heterocycles. The predicted octanol–water partition coefficient (Wildman–Crippen LogP) is 5.61. The van der Waals surface area contributed by atoms with Crippen molar-refractivity contribution in [3.63, 3.8) is 0 Å². The van der Waals surface area contributed by atoms with Crippen LogP contribution in [0.25, 0.3) is 6.08 Å². The number of hydrogen-bond donors (Lipinski definition) is 0. The smallest absolute Gasteiger partial charge is 0.104 e. The highest BCUT2D eigenvalue weighted by atomic mass is 15.4. The van der Waals surface area contributed by atoms with Crippen molar-refractivity contribution in [1.82, 2.24) is 0 Å². The normalized spacial score (nSPS) is 12.4. The molecule has 0 bridgehead atoms. The maximum Gasteiger partial charge on any atom is 0.104 e. The Hall–Kier alpha value is -1.08. The molecule has 1 heteroatoms. The maximum absolute atomic E-state index is 3.85. The topological polar surface area (TPSA) is 0 Å². The summed E-state index contributed by atoms with van der Waals surface area (Å²) in [5.74, 6) is 2.18. The lowest BCUT2D eigenvalue weighted by Crippen LogP contribution is -2.53. The number of benzene rings is 1. The Morgan fingerprint density at radius 3 is 1.55 bits per heavy atom. The molecule has 0 aliphatic carbocycles. The van der Waals surface area contributed by atoms with Gasteiger partial charge in [-0.25, -0.2) is 0 Å². The van der Waals surface area contributed by atoms with Crippen LogP contribution in [0.1, 0.15) is 52.7 Å². The highest BCUT2D eigenvalue weighted by Gasteiger charge is 2.30. The fourth-order valence-electron chi connectivity index (χ4n) is 3.89. The van der Waals surface area contributed by atoms with Crippen LogP contribution < -0.4 is 0 Å². The Bertz CT molecular complexity index is 413. The van der Waals surface area contributed by atoms with Gasteiger partial charge in [0.2, 0.25) is 0 Å². The van der Waals surface area contributed by atoms with Crippen molar-refractivity contribution in [3.05, 3.63) is 42.0 Å². The Morgan fingerprint density at radius 1 is 0.818 bits per heavy atom. The molecule has 0 amide bonds. The molecule has 0 aromatic heterocycles. The van der Waals surface area contributed by atoms with E-state index < -0.39 is 0 Å². The van der Waals surface area contributed by atoms with Gasteiger partial charge in [0.05, 0.1) is 19.6 Å². The van der Waals surface area contributed by atoms with E-state index in [4.69, 9.17) is 0 Å². The molecule has 1 aromatic carbocycles. The molecular formula is C21H36N+. The van der Waals surface area contributed by atoms with Crippen LogP contribution in [0.2, 0.25) is 0 Å². The Morgan fingerprint density at radius 2 is 1.23 bits per heavy atom. The SMILES string of the molecule is C=Cc1ccc(C[N+](CC(C)C)(CC(C)C)CC(C)C)cc1. The molecule has 0 saturated heterocycles. The standard InChI is InChI=1S/C21H36N/c1-8-20-9-11-21(12-10-20)16-22(13-17(2)3,14-18(4)5)15-19(6)7/h8-12,17-19H,1,13-16H2,2-7H3/q+1. The summed E-state index contributed by atoms with van der Waals surface area (Å²) in [5, 5.41) is 0. The van der Waals surface area contributed by atoms with Gasteiger partial charge in [0.15, 0.2) is 0 Å². The molecule has 0 aliphatic heterocycles. The molecular weight excluding hydrogens is 266 g/mol. The van der Waals surface area contributed by atoms with Gasteiger partial charge in [-0.1, -0.05) is 78.5 Å². The molecule has 0 N–H and O–H groups in total. The molecule has 0 fully saturated rings. The molecule has 0 saturated carbocycles. The minimum atomic E-state index is 0.727. The van der Waals surface area contributed by atoms with Gasteiger partial charge < -0.3 is 4.48 Å². The lowest BCUT2D eigenvalue weighted by atomic mass is 10.0. The van der Waals surface area contributed by atoms with Crippen LogP contribution in [0, 0.1) is 17.8 Å². The van der Waals surface area contributed by atoms with Crippen molar-refractivity contribution in [1.29, 1.82) is 0 Å². The van der Waals surface area contributed by atoms with Crippen molar-refractivity contribution >= 4 is 6.08 Å². The summed E-state index contributed by atoms with van der Waals surface area (Å²) < 4.78 is 1.21. The second kappa shape index (κ2) is 8.53. The fraction of sp³-hybridized carbons (Fsp3) is 0.619. The minimum Gasteiger partial charge on any atom is -0.319 e. The summed E-state index contributed by atoms with van der Waals surface area (Å²) in [7, 11) is 0. The highest BCUT2D eigenvalue weighted by molar-refractivity contribution is 5.47. The summed E-state index contributed by atoms with van der Waals surface area (Å²) in [5.41, 5.74) is 2.66. The maximum atomic E-state index is 3.85. The molecule has 1 nitrogen and oxygen atoms in total. The molecule has 1 aromatic rings. The Labute approximate surface area is 138 Å². The van der Waals surface area contributed by atoms with Gasteiger partial charge in [0.1, 0.15) is 6.54 Å². The van der Waals surface area contributed by atoms with Crippen molar-refractivity contribution in [3.8, 4) is 0 Å². The van der Waals surface area contributed by atoms with E-state index in [1.165, 1.54) is 35.2 Å². The summed E-state index contributed by atoms with van der Waals surface area (Å²) in [6.45, 7) is 22.9. The van der Waals surface area contributed by atoms with E-state index in [9.17, 15) is 0 Å². The van der Waals surface area contributed by atoms with E-state index in [0.29, 0.717) is 0 Å². The molecule has 22 heavy (non-hydrogen) atoms. The van der Waals surface area contributed by atoms with Crippen LogP contribution in [-0.4, -0.2) is 24.1 Å². The van der Waals surface area contributed by atoms with Crippen molar-refractivity contribution in [2.75, 3.05) is 19.6 Å². The third-order valence-electron chi connectivity index (χ3n) is 3.99. The van der Waals surface area contributed by atoms with E-state index in [1.54, 1.807) is 0 Å². The van der Waals surface area contributed by atoms with Crippen LogP contribution in [0.5, 0.6) is 0 Å². The average molecular weight is 303 g/mol. The van der Waals surface area contributed by atoms with Crippen LogP contribution >= 0.6 is 0 Å². The van der Waals surface area contributed by atoms with Gasteiger partial charge in [0, 0.05) is 23.3 Å². The first-order valence-electron chi connectivity index (χ1n) is 8.83. The van der Waals surface area contributed by atoms with Gasteiger partial charge >= 0.3 is 0 Å². The summed E-state index contributed by atoms with van der Waals surface area (Å²) >= 11 is 0. The number of rotatable bonds is 9. The van der Waals surface area contributed by atoms with E-state index in [0.717, 1.165) is 24.3 Å². The molecule has 0 aliphatic rings. The average Bonchev–Trinajstić information content (AvgIpc) is 2.36. The van der Waals surface area contributed by atoms with E-state index in [2.05, 4.69) is 72.4 Å². The van der Waals surface area contributed by atoms with Gasteiger partial charge in [-0.05, 0) is 5.56 Å². The third-order valence-corrected chi connectivity index (χ3v) is 3.99. The monoisotopic (exact) mass is 302 g/mol. The first kappa shape index (κ1) is 19.0. The van der Waals surface area contributed by atoms with Crippen molar-refractivity contribution in [2.24, 2.45) is 17.8 Å². The van der Waals surface area contributed by atoms with E-state index in [1.807, 2.05) is 6.08 Å². The third kappa shape index (κ3) is 6.36. The Kier molecular flexibility index (Phi) is 7.35. The lowest BCUT2D eigenvalue weighted by molar-refractivity contribution is -0.948. The molecule has 0 spiro atoms. The highest BCUT2D eigenvalue weighted by Crippen LogP contribution is 2.23. The molecule has 124 valence electrons. The summed E-state index contributed by atoms with van der Waals surface area (Å²) in [4.78, 5) is 0. The van der Waals surface area contributed by atoms with E-state index >= 15 is 0 Å². The largest absolute Gasteiger partial charge is 0.319 e. The minimum absolute atomic E-state index is 0.727. The molecule has 0 unspecified atom stereocenters. The summed E-state index contributed by atoms with van der Waals surface area (Å²) in [6, 6.07) is 8.95. The molecule has 0 radical (unpaired) electrons. The summed E-state index contributed by atoms with van der Waals surface area (Å²) in [6.07, 6.45) is 1.92. The van der Waals surface area contributed by atoms with Gasteiger partial charge in [-0.3, -0.25) is 0 Å². The van der Waals surface area contributed by atoms with Crippen LogP contribution in [0.3, 0.4) is 0 Å². The van der Waals surface area contributed by atoms with Gasteiger partial charge in [-0.2, -0.15) is 0 Å².